The van der Waals surface area contributed by atoms with Crippen LogP contribution in [-0.2, 0) is 11.3 Å². The Morgan fingerprint density at radius 2 is 2.12 bits per heavy atom. The summed E-state index contributed by atoms with van der Waals surface area (Å²) in [6.07, 6.45) is 3.82. The monoisotopic (exact) mass is 238 g/mol. The van der Waals surface area contributed by atoms with E-state index in [1.54, 1.807) is 12.1 Å². The van der Waals surface area contributed by atoms with Crippen LogP contribution in [-0.4, -0.2) is 17.8 Å². The van der Waals surface area contributed by atoms with E-state index in [1.807, 2.05) is 6.07 Å². The van der Waals surface area contributed by atoms with Crippen molar-refractivity contribution in [3.63, 3.8) is 0 Å². The molecule has 94 valence electrons. The molecule has 0 spiro atoms. The van der Waals surface area contributed by atoms with Gasteiger partial charge in [-0.1, -0.05) is 24.6 Å². The van der Waals surface area contributed by atoms with Gasteiger partial charge in [0.15, 0.2) is 0 Å². The van der Waals surface area contributed by atoms with Crippen molar-refractivity contribution in [2.75, 3.05) is 6.61 Å². The number of hydrogen-bond donors (Lipinski definition) is 1. The molecule has 2 unspecified atom stereocenters. The summed E-state index contributed by atoms with van der Waals surface area (Å²) in [6.45, 7) is 0.908. The molecular weight excluding hydrogens is 219 g/mol. The minimum atomic E-state index is -0.214. The first-order chi connectivity index (χ1) is 8.27. The van der Waals surface area contributed by atoms with Crippen LogP contribution in [0.15, 0.2) is 24.3 Å². The minimum Gasteiger partial charge on any atom is -0.393 e. The Morgan fingerprint density at radius 1 is 1.29 bits per heavy atom. The molecule has 2 nitrogen and oxygen atoms in total. The van der Waals surface area contributed by atoms with E-state index in [2.05, 4.69) is 0 Å². The van der Waals surface area contributed by atoms with Crippen LogP contribution in [0, 0.1) is 11.7 Å². The van der Waals surface area contributed by atoms with E-state index in [9.17, 15) is 9.50 Å². The number of rotatable bonds is 5. The number of aliphatic hydroxyl groups is 1. The molecule has 2 rings (SSSR count). The second-order valence-corrected chi connectivity index (χ2v) is 4.69. The first-order valence-electron chi connectivity index (χ1n) is 6.26. The third-order valence-electron chi connectivity index (χ3n) is 3.47. The predicted molar refractivity (Wildman–Crippen MR) is 64.0 cm³/mol. The molecule has 0 bridgehead atoms. The van der Waals surface area contributed by atoms with Gasteiger partial charge in [-0.2, -0.15) is 0 Å². The molecule has 0 heterocycles. The van der Waals surface area contributed by atoms with E-state index in [1.165, 1.54) is 6.07 Å². The number of ether oxygens (including phenoxy) is 1. The highest BCUT2D eigenvalue weighted by Crippen LogP contribution is 2.28. The maximum atomic E-state index is 13.3. The molecule has 1 saturated carbocycles. The molecule has 0 radical (unpaired) electrons. The van der Waals surface area contributed by atoms with Crippen LogP contribution in [0.3, 0.4) is 0 Å². The van der Waals surface area contributed by atoms with Crippen molar-refractivity contribution in [3.05, 3.63) is 35.6 Å². The number of hydrogen-bond acceptors (Lipinski definition) is 2. The van der Waals surface area contributed by atoms with Crippen LogP contribution in [0.4, 0.5) is 4.39 Å². The summed E-state index contributed by atoms with van der Waals surface area (Å²) in [5.74, 6) is 0.157. The smallest absolute Gasteiger partial charge is 0.128 e. The summed E-state index contributed by atoms with van der Waals surface area (Å²) in [5, 5.41) is 9.63. The maximum absolute atomic E-state index is 13.3. The molecule has 17 heavy (non-hydrogen) atoms. The van der Waals surface area contributed by atoms with Gasteiger partial charge < -0.3 is 9.84 Å². The number of benzene rings is 1. The second kappa shape index (κ2) is 6.12. The van der Waals surface area contributed by atoms with E-state index in [0.29, 0.717) is 24.7 Å². The standard InChI is InChI=1S/C14H19FO2/c15-13-6-2-1-4-12(13)10-17-9-8-11-5-3-7-14(11)16/h1-2,4,6,11,14,16H,3,5,7-10H2. The Hall–Kier alpha value is -0.930. The van der Waals surface area contributed by atoms with Crippen molar-refractivity contribution >= 4 is 0 Å². The molecule has 0 amide bonds. The Morgan fingerprint density at radius 3 is 2.82 bits per heavy atom. The van der Waals surface area contributed by atoms with Crippen molar-refractivity contribution in [3.8, 4) is 0 Å². The molecule has 0 saturated heterocycles. The zero-order valence-electron chi connectivity index (χ0n) is 9.94. The zero-order valence-corrected chi connectivity index (χ0v) is 9.94. The summed E-state index contributed by atoms with van der Waals surface area (Å²) in [6, 6.07) is 6.66. The maximum Gasteiger partial charge on any atom is 0.128 e. The molecule has 1 fully saturated rings. The van der Waals surface area contributed by atoms with Crippen molar-refractivity contribution in [1.82, 2.24) is 0 Å². The van der Waals surface area contributed by atoms with Crippen molar-refractivity contribution in [1.29, 1.82) is 0 Å². The third-order valence-corrected chi connectivity index (χ3v) is 3.47. The Bertz CT molecular complexity index is 354. The average Bonchev–Trinajstić information content (AvgIpc) is 2.73. The highest BCUT2D eigenvalue weighted by Gasteiger charge is 2.24. The van der Waals surface area contributed by atoms with Gasteiger partial charge in [0, 0.05) is 12.2 Å². The third kappa shape index (κ3) is 3.51. The minimum absolute atomic E-state index is 0.160. The second-order valence-electron chi connectivity index (χ2n) is 4.69. The van der Waals surface area contributed by atoms with Crippen LogP contribution in [0.1, 0.15) is 31.2 Å². The number of aliphatic hydroxyl groups excluding tert-OH is 1. The molecule has 3 heteroatoms. The normalized spacial score (nSPS) is 24.1. The molecule has 1 aliphatic rings. The van der Waals surface area contributed by atoms with Gasteiger partial charge in [0.1, 0.15) is 5.82 Å². The lowest BCUT2D eigenvalue weighted by Crippen LogP contribution is -2.15. The van der Waals surface area contributed by atoms with Crippen LogP contribution in [0.2, 0.25) is 0 Å². The lowest BCUT2D eigenvalue weighted by molar-refractivity contribution is 0.0730. The van der Waals surface area contributed by atoms with Crippen LogP contribution < -0.4 is 0 Å². The first-order valence-corrected chi connectivity index (χ1v) is 6.26. The molecular formula is C14H19FO2. The van der Waals surface area contributed by atoms with Gasteiger partial charge >= 0.3 is 0 Å². The summed E-state index contributed by atoms with van der Waals surface area (Å²) in [4.78, 5) is 0. The van der Waals surface area contributed by atoms with Crippen LogP contribution in [0.25, 0.3) is 0 Å². The topological polar surface area (TPSA) is 29.5 Å². The van der Waals surface area contributed by atoms with Crippen molar-refractivity contribution < 1.29 is 14.2 Å². The van der Waals surface area contributed by atoms with Gasteiger partial charge in [0.25, 0.3) is 0 Å². The fraction of sp³-hybridized carbons (Fsp3) is 0.571. The van der Waals surface area contributed by atoms with Gasteiger partial charge in [-0.05, 0) is 31.2 Å². The van der Waals surface area contributed by atoms with Crippen LogP contribution >= 0.6 is 0 Å². The van der Waals surface area contributed by atoms with E-state index in [0.717, 1.165) is 25.7 Å². The van der Waals surface area contributed by atoms with E-state index in [-0.39, 0.29) is 11.9 Å². The molecule has 0 aliphatic heterocycles. The van der Waals surface area contributed by atoms with Gasteiger partial charge in [0.05, 0.1) is 12.7 Å². The van der Waals surface area contributed by atoms with Gasteiger partial charge in [-0.15, -0.1) is 0 Å². The van der Waals surface area contributed by atoms with Crippen LogP contribution in [0.5, 0.6) is 0 Å². The molecule has 1 aromatic carbocycles. The lowest BCUT2D eigenvalue weighted by Gasteiger charge is -2.14. The van der Waals surface area contributed by atoms with Gasteiger partial charge in [0.2, 0.25) is 0 Å². The zero-order chi connectivity index (χ0) is 12.1. The van der Waals surface area contributed by atoms with E-state index in [4.69, 9.17) is 4.74 Å². The Balaban J connectivity index is 1.68. The number of halogens is 1. The summed E-state index contributed by atoms with van der Waals surface area (Å²) >= 11 is 0. The van der Waals surface area contributed by atoms with E-state index < -0.39 is 0 Å². The molecule has 1 aliphatic carbocycles. The highest BCUT2D eigenvalue weighted by atomic mass is 19.1. The molecule has 0 aromatic heterocycles. The Labute approximate surface area is 101 Å². The summed E-state index contributed by atoms with van der Waals surface area (Å²) < 4.78 is 18.7. The largest absolute Gasteiger partial charge is 0.393 e. The fourth-order valence-corrected chi connectivity index (χ4v) is 2.39. The van der Waals surface area contributed by atoms with Gasteiger partial charge in [-0.3, -0.25) is 0 Å². The average molecular weight is 238 g/mol. The summed E-state index contributed by atoms with van der Waals surface area (Å²) in [5.41, 5.74) is 0.597. The van der Waals surface area contributed by atoms with Crippen molar-refractivity contribution in [2.24, 2.45) is 5.92 Å². The summed E-state index contributed by atoms with van der Waals surface area (Å²) in [7, 11) is 0. The van der Waals surface area contributed by atoms with Crippen molar-refractivity contribution in [2.45, 2.75) is 38.4 Å². The Kier molecular flexibility index (Phi) is 4.51. The predicted octanol–water partition coefficient (Wildman–Crippen LogP) is 2.89. The fourth-order valence-electron chi connectivity index (χ4n) is 2.39. The first kappa shape index (κ1) is 12.5. The lowest BCUT2D eigenvalue weighted by atomic mass is 10.0. The quantitative estimate of drug-likeness (QED) is 0.799. The molecule has 2 atom stereocenters. The molecule has 1 aromatic rings. The molecule has 1 N–H and O–H groups in total. The SMILES string of the molecule is OC1CCCC1CCOCc1ccccc1F. The highest BCUT2D eigenvalue weighted by molar-refractivity contribution is 5.16. The van der Waals surface area contributed by atoms with E-state index >= 15 is 0 Å². The van der Waals surface area contributed by atoms with Gasteiger partial charge in [-0.25, -0.2) is 4.39 Å².